The molecule has 25 heavy (non-hydrogen) atoms. The van der Waals surface area contributed by atoms with Gasteiger partial charge in [-0.25, -0.2) is 0 Å². The number of aromatic nitrogens is 1. The largest absolute Gasteiger partial charge is 0.490 e. The van der Waals surface area contributed by atoms with Gasteiger partial charge in [0.25, 0.3) is 5.91 Å². The van der Waals surface area contributed by atoms with Crippen LogP contribution in [0.3, 0.4) is 0 Å². The van der Waals surface area contributed by atoms with Crippen LogP contribution in [0.5, 0.6) is 5.75 Å². The SMILES string of the molecule is CN(C)CCOc1cn(C(=O)c2ccccc2Br)c2ccc(Br)cc12. The predicted molar refractivity (Wildman–Crippen MR) is 108 cm³/mol. The van der Waals surface area contributed by atoms with Crippen molar-refractivity contribution in [2.45, 2.75) is 0 Å². The molecule has 0 aliphatic carbocycles. The lowest BCUT2D eigenvalue weighted by atomic mass is 10.2. The molecule has 0 radical (unpaired) electrons. The Hall–Kier alpha value is -1.63. The zero-order valence-corrected chi connectivity index (χ0v) is 17.2. The lowest BCUT2D eigenvalue weighted by Crippen LogP contribution is -2.19. The molecule has 0 bridgehead atoms. The zero-order valence-electron chi connectivity index (χ0n) is 14.0. The van der Waals surface area contributed by atoms with Crippen molar-refractivity contribution < 1.29 is 9.53 Å². The zero-order chi connectivity index (χ0) is 18.0. The van der Waals surface area contributed by atoms with E-state index in [4.69, 9.17) is 4.74 Å². The normalized spacial score (nSPS) is 11.2. The number of fused-ring (bicyclic) bond motifs is 1. The average Bonchev–Trinajstić information content (AvgIpc) is 2.92. The third kappa shape index (κ3) is 3.97. The third-order valence-corrected chi connectivity index (χ3v) is 5.03. The molecule has 130 valence electrons. The fourth-order valence-electron chi connectivity index (χ4n) is 2.56. The Balaban J connectivity index is 2.03. The summed E-state index contributed by atoms with van der Waals surface area (Å²) < 4.78 is 9.30. The van der Waals surface area contributed by atoms with Crippen LogP contribution in [0.15, 0.2) is 57.6 Å². The van der Waals surface area contributed by atoms with Gasteiger partial charge in [-0.3, -0.25) is 9.36 Å². The minimum atomic E-state index is -0.0951. The summed E-state index contributed by atoms with van der Waals surface area (Å²) in [5.74, 6) is 0.612. The van der Waals surface area contributed by atoms with E-state index in [1.165, 1.54) is 0 Å². The molecule has 1 aromatic heterocycles. The maximum absolute atomic E-state index is 13.0. The Bertz CT molecular complexity index is 919. The average molecular weight is 466 g/mol. The summed E-state index contributed by atoms with van der Waals surface area (Å²) in [7, 11) is 4.00. The van der Waals surface area contributed by atoms with Crippen molar-refractivity contribution in [2.24, 2.45) is 0 Å². The fraction of sp³-hybridized carbons (Fsp3) is 0.211. The standard InChI is InChI=1S/C19H18Br2N2O2/c1-22(2)9-10-25-18-12-23(17-8-7-13(20)11-15(17)18)19(24)14-5-3-4-6-16(14)21/h3-8,11-12H,9-10H2,1-2H3. The van der Waals surface area contributed by atoms with Crippen molar-refractivity contribution in [1.82, 2.24) is 9.47 Å². The Morgan fingerprint density at radius 1 is 1.16 bits per heavy atom. The molecule has 0 N–H and O–H groups in total. The molecule has 0 saturated heterocycles. The molecule has 0 atom stereocenters. The number of hydrogen-bond donors (Lipinski definition) is 0. The van der Waals surface area contributed by atoms with Gasteiger partial charge in [-0.05, 0) is 60.4 Å². The van der Waals surface area contributed by atoms with E-state index >= 15 is 0 Å². The second kappa shape index (κ2) is 7.72. The highest BCUT2D eigenvalue weighted by molar-refractivity contribution is 9.10. The number of carbonyl (C=O) groups excluding carboxylic acids is 1. The van der Waals surface area contributed by atoms with Gasteiger partial charge in [0.2, 0.25) is 0 Å². The third-order valence-electron chi connectivity index (χ3n) is 3.85. The molecule has 0 unspecified atom stereocenters. The summed E-state index contributed by atoms with van der Waals surface area (Å²) in [6.45, 7) is 1.36. The van der Waals surface area contributed by atoms with E-state index in [-0.39, 0.29) is 5.91 Å². The number of halogens is 2. The molecule has 1 heterocycles. The Kier molecular flexibility index (Phi) is 5.61. The molecular formula is C19H18Br2N2O2. The van der Waals surface area contributed by atoms with Crippen LogP contribution >= 0.6 is 31.9 Å². The number of nitrogens with zero attached hydrogens (tertiary/aromatic N) is 2. The van der Waals surface area contributed by atoms with Crippen LogP contribution in [-0.2, 0) is 0 Å². The lowest BCUT2D eigenvalue weighted by Gasteiger charge is -2.10. The molecule has 0 fully saturated rings. The monoisotopic (exact) mass is 464 g/mol. The van der Waals surface area contributed by atoms with Crippen LogP contribution in [-0.4, -0.2) is 42.6 Å². The number of likely N-dealkylation sites (N-methyl/N-ethyl adjacent to an activating group) is 1. The van der Waals surface area contributed by atoms with E-state index in [0.717, 1.165) is 26.4 Å². The first-order valence-corrected chi connectivity index (χ1v) is 9.43. The van der Waals surface area contributed by atoms with Gasteiger partial charge in [0.15, 0.2) is 0 Å². The summed E-state index contributed by atoms with van der Waals surface area (Å²) in [4.78, 5) is 15.1. The summed E-state index contributed by atoms with van der Waals surface area (Å²) in [5, 5.41) is 0.911. The van der Waals surface area contributed by atoms with E-state index in [2.05, 4.69) is 36.8 Å². The van der Waals surface area contributed by atoms with Gasteiger partial charge in [-0.15, -0.1) is 0 Å². The second-order valence-corrected chi connectivity index (χ2v) is 7.73. The topological polar surface area (TPSA) is 34.5 Å². The van der Waals surface area contributed by atoms with Crippen LogP contribution < -0.4 is 4.74 Å². The molecule has 3 rings (SSSR count). The summed E-state index contributed by atoms with van der Waals surface area (Å²) in [6.07, 6.45) is 1.77. The second-order valence-electron chi connectivity index (χ2n) is 5.96. The van der Waals surface area contributed by atoms with E-state index < -0.39 is 0 Å². The quantitative estimate of drug-likeness (QED) is 0.543. The van der Waals surface area contributed by atoms with Gasteiger partial charge in [-0.2, -0.15) is 0 Å². The fourth-order valence-corrected chi connectivity index (χ4v) is 3.37. The van der Waals surface area contributed by atoms with Gasteiger partial charge in [-0.1, -0.05) is 28.1 Å². The molecule has 2 aromatic carbocycles. The van der Waals surface area contributed by atoms with Gasteiger partial charge in [0, 0.05) is 20.9 Å². The summed E-state index contributed by atoms with van der Waals surface area (Å²) in [6, 6.07) is 13.2. The van der Waals surface area contributed by atoms with Crippen molar-refractivity contribution in [3.63, 3.8) is 0 Å². The van der Waals surface area contributed by atoms with Gasteiger partial charge < -0.3 is 9.64 Å². The molecule has 0 spiro atoms. The molecule has 0 aliphatic heterocycles. The van der Waals surface area contributed by atoms with E-state index in [1.54, 1.807) is 10.8 Å². The number of carbonyl (C=O) groups is 1. The van der Waals surface area contributed by atoms with Gasteiger partial charge in [0.1, 0.15) is 12.4 Å². The molecule has 6 heteroatoms. The van der Waals surface area contributed by atoms with Crippen molar-refractivity contribution in [2.75, 3.05) is 27.2 Å². The van der Waals surface area contributed by atoms with Crippen molar-refractivity contribution in [1.29, 1.82) is 0 Å². The molecule has 0 aliphatic rings. The van der Waals surface area contributed by atoms with Gasteiger partial charge >= 0.3 is 0 Å². The van der Waals surface area contributed by atoms with Crippen LogP contribution in [0.2, 0.25) is 0 Å². The molecule has 0 saturated carbocycles. The lowest BCUT2D eigenvalue weighted by molar-refractivity contribution is 0.0963. The van der Waals surface area contributed by atoms with Crippen molar-refractivity contribution in [3.05, 3.63) is 63.2 Å². The number of benzene rings is 2. The van der Waals surface area contributed by atoms with Crippen LogP contribution in [0.4, 0.5) is 0 Å². The predicted octanol–water partition coefficient (Wildman–Crippen LogP) is 4.80. The number of rotatable bonds is 5. The number of hydrogen-bond acceptors (Lipinski definition) is 3. The smallest absolute Gasteiger partial charge is 0.263 e. The molecule has 3 aromatic rings. The van der Waals surface area contributed by atoms with Crippen LogP contribution in [0, 0.1) is 0 Å². The minimum Gasteiger partial charge on any atom is -0.490 e. The molecular weight excluding hydrogens is 448 g/mol. The summed E-state index contributed by atoms with van der Waals surface area (Å²) >= 11 is 6.95. The van der Waals surface area contributed by atoms with Crippen molar-refractivity contribution in [3.8, 4) is 5.75 Å². The minimum absolute atomic E-state index is 0.0951. The Morgan fingerprint density at radius 2 is 1.92 bits per heavy atom. The van der Waals surface area contributed by atoms with E-state index in [9.17, 15) is 4.79 Å². The molecule has 4 nitrogen and oxygen atoms in total. The highest BCUT2D eigenvalue weighted by Gasteiger charge is 2.18. The summed E-state index contributed by atoms with van der Waals surface area (Å²) in [5.41, 5.74) is 1.44. The highest BCUT2D eigenvalue weighted by Crippen LogP contribution is 2.32. The number of ether oxygens (including phenoxy) is 1. The highest BCUT2D eigenvalue weighted by atomic mass is 79.9. The maximum Gasteiger partial charge on any atom is 0.263 e. The van der Waals surface area contributed by atoms with E-state index in [0.29, 0.717) is 17.9 Å². The van der Waals surface area contributed by atoms with Gasteiger partial charge in [0.05, 0.1) is 17.3 Å². The van der Waals surface area contributed by atoms with Crippen molar-refractivity contribution >= 4 is 48.7 Å². The molecule has 0 amide bonds. The van der Waals surface area contributed by atoms with E-state index in [1.807, 2.05) is 56.6 Å². The Labute approximate surface area is 163 Å². The first-order valence-electron chi connectivity index (χ1n) is 7.85. The Morgan fingerprint density at radius 3 is 2.64 bits per heavy atom. The maximum atomic E-state index is 13.0. The first-order chi connectivity index (χ1) is 12.0. The van der Waals surface area contributed by atoms with Crippen LogP contribution in [0.1, 0.15) is 10.4 Å². The van der Waals surface area contributed by atoms with Crippen LogP contribution in [0.25, 0.3) is 10.9 Å². The first kappa shape index (κ1) is 18.2.